The largest absolute Gasteiger partial charge is 0.363 e. The van der Waals surface area contributed by atoms with Crippen LogP contribution in [0.2, 0.25) is 0 Å². The predicted molar refractivity (Wildman–Crippen MR) is 75.7 cm³/mol. The van der Waals surface area contributed by atoms with Crippen molar-refractivity contribution in [1.29, 1.82) is 0 Å². The fourth-order valence-electron chi connectivity index (χ4n) is 2.14. The first kappa shape index (κ1) is 15.0. The van der Waals surface area contributed by atoms with Crippen LogP contribution < -0.4 is 5.32 Å². The monoisotopic (exact) mass is 281 g/mol. The van der Waals surface area contributed by atoms with E-state index in [0.717, 1.165) is 12.2 Å². The number of nitrogens with one attached hydrogen (secondary N) is 1. The van der Waals surface area contributed by atoms with E-state index in [0.29, 0.717) is 19.0 Å². The highest BCUT2D eigenvalue weighted by Gasteiger charge is 2.38. The Hall–Kier alpha value is -1.40. The van der Waals surface area contributed by atoms with Crippen molar-refractivity contribution >= 4 is 11.8 Å². The molecule has 0 bridgehead atoms. The lowest BCUT2D eigenvalue weighted by atomic mass is 9.92. The molecule has 1 saturated heterocycles. The summed E-state index contributed by atoms with van der Waals surface area (Å²) in [7, 11) is 1.97. The van der Waals surface area contributed by atoms with Crippen LogP contribution in [0.15, 0.2) is 10.6 Å². The number of ether oxygens (including phenoxy) is 1. The molecule has 1 aliphatic heterocycles. The fraction of sp³-hybridized carbons (Fsp3) is 0.714. The summed E-state index contributed by atoms with van der Waals surface area (Å²) in [4.78, 5) is 14.4. The zero-order valence-corrected chi connectivity index (χ0v) is 12.8. The van der Waals surface area contributed by atoms with E-state index in [2.05, 4.69) is 15.4 Å². The minimum Gasteiger partial charge on any atom is -0.363 e. The number of amides is 1. The van der Waals surface area contributed by atoms with Gasteiger partial charge in [0, 0.05) is 24.6 Å². The van der Waals surface area contributed by atoms with Crippen LogP contribution in [-0.2, 0) is 14.9 Å². The molecule has 1 aromatic rings. The SMILES string of the molecule is CN1CCO[C@](C)(C(=O)Nc2cc(C(C)(C)C)no2)C1. The van der Waals surface area contributed by atoms with Gasteiger partial charge in [-0.15, -0.1) is 0 Å². The van der Waals surface area contributed by atoms with Crippen LogP contribution in [0, 0.1) is 0 Å². The first-order valence-corrected chi connectivity index (χ1v) is 6.82. The van der Waals surface area contributed by atoms with Crippen molar-refractivity contribution in [3.8, 4) is 0 Å². The lowest BCUT2D eigenvalue weighted by Gasteiger charge is -2.37. The number of hydrogen-bond acceptors (Lipinski definition) is 5. The van der Waals surface area contributed by atoms with Crippen molar-refractivity contribution in [3.05, 3.63) is 11.8 Å². The van der Waals surface area contributed by atoms with E-state index in [4.69, 9.17) is 9.26 Å². The summed E-state index contributed by atoms with van der Waals surface area (Å²) >= 11 is 0. The van der Waals surface area contributed by atoms with Gasteiger partial charge in [-0.2, -0.15) is 0 Å². The zero-order valence-electron chi connectivity index (χ0n) is 12.8. The summed E-state index contributed by atoms with van der Waals surface area (Å²) < 4.78 is 10.8. The molecule has 1 aliphatic rings. The molecule has 6 heteroatoms. The summed E-state index contributed by atoms with van der Waals surface area (Å²) in [6.45, 7) is 9.84. The van der Waals surface area contributed by atoms with Crippen molar-refractivity contribution in [2.75, 3.05) is 32.1 Å². The van der Waals surface area contributed by atoms with Crippen LogP contribution in [0.25, 0.3) is 0 Å². The third-order valence-corrected chi connectivity index (χ3v) is 3.46. The van der Waals surface area contributed by atoms with Crippen LogP contribution in [0.3, 0.4) is 0 Å². The van der Waals surface area contributed by atoms with Gasteiger partial charge >= 0.3 is 0 Å². The number of carbonyl (C=O) groups excluding carboxylic acids is 1. The summed E-state index contributed by atoms with van der Waals surface area (Å²) in [5, 5.41) is 6.73. The van der Waals surface area contributed by atoms with Crippen LogP contribution >= 0.6 is 0 Å². The molecular weight excluding hydrogens is 258 g/mol. The van der Waals surface area contributed by atoms with Gasteiger partial charge in [0.05, 0.1) is 12.3 Å². The van der Waals surface area contributed by atoms with E-state index >= 15 is 0 Å². The molecule has 0 aliphatic carbocycles. The minimum atomic E-state index is -0.859. The van der Waals surface area contributed by atoms with E-state index < -0.39 is 5.60 Å². The number of likely N-dealkylation sites (N-methyl/N-ethyl adjacent to an activating group) is 1. The van der Waals surface area contributed by atoms with Gasteiger partial charge in [0.25, 0.3) is 5.91 Å². The molecule has 2 heterocycles. The maximum atomic E-state index is 12.3. The molecular formula is C14H23N3O3. The van der Waals surface area contributed by atoms with E-state index in [1.165, 1.54) is 0 Å². The lowest BCUT2D eigenvalue weighted by molar-refractivity contribution is -0.149. The Bertz CT molecular complexity index is 492. The molecule has 0 saturated carbocycles. The Morgan fingerprint density at radius 3 is 2.75 bits per heavy atom. The number of carbonyl (C=O) groups is 1. The summed E-state index contributed by atoms with van der Waals surface area (Å²) in [6, 6.07) is 1.76. The smallest absolute Gasteiger partial charge is 0.260 e. The Kier molecular flexibility index (Phi) is 3.88. The van der Waals surface area contributed by atoms with Gasteiger partial charge < -0.3 is 14.2 Å². The minimum absolute atomic E-state index is 0.113. The third kappa shape index (κ3) is 3.19. The van der Waals surface area contributed by atoms with Crippen LogP contribution in [0.4, 0.5) is 5.88 Å². The van der Waals surface area contributed by atoms with Crippen LogP contribution in [0.5, 0.6) is 0 Å². The number of hydrogen-bond donors (Lipinski definition) is 1. The second-order valence-electron chi connectivity index (χ2n) is 6.60. The molecule has 0 unspecified atom stereocenters. The second kappa shape index (κ2) is 5.18. The van der Waals surface area contributed by atoms with E-state index in [1.54, 1.807) is 13.0 Å². The standard InChI is InChI=1S/C14H23N3O3/c1-13(2,3)10-8-11(20-16-10)15-12(18)14(4)9-17(5)6-7-19-14/h8H,6-7,9H2,1-5H3,(H,15,18)/t14-/m0/s1. The van der Waals surface area contributed by atoms with Crippen molar-refractivity contribution in [1.82, 2.24) is 10.1 Å². The topological polar surface area (TPSA) is 67.6 Å². The Morgan fingerprint density at radius 1 is 1.50 bits per heavy atom. The molecule has 2 rings (SSSR count). The molecule has 6 nitrogen and oxygen atoms in total. The molecule has 1 aromatic heterocycles. The second-order valence-corrected chi connectivity index (χ2v) is 6.60. The molecule has 0 spiro atoms. The first-order chi connectivity index (χ1) is 9.21. The third-order valence-electron chi connectivity index (χ3n) is 3.46. The molecule has 1 fully saturated rings. The number of nitrogens with zero attached hydrogens (tertiary/aromatic N) is 2. The Morgan fingerprint density at radius 2 is 2.20 bits per heavy atom. The number of rotatable bonds is 2. The van der Waals surface area contributed by atoms with E-state index in [-0.39, 0.29) is 11.3 Å². The zero-order chi connectivity index (χ0) is 15.0. The predicted octanol–water partition coefficient (Wildman–Crippen LogP) is 1.63. The number of aromatic nitrogens is 1. The van der Waals surface area contributed by atoms with Crippen molar-refractivity contribution in [2.45, 2.75) is 38.7 Å². The van der Waals surface area contributed by atoms with Gasteiger partial charge in [-0.1, -0.05) is 25.9 Å². The quantitative estimate of drug-likeness (QED) is 0.892. The van der Waals surface area contributed by atoms with Gasteiger partial charge in [-0.25, -0.2) is 0 Å². The highest BCUT2D eigenvalue weighted by atomic mass is 16.5. The maximum Gasteiger partial charge on any atom is 0.260 e. The Labute approximate surface area is 119 Å². The summed E-state index contributed by atoms with van der Waals surface area (Å²) in [6.07, 6.45) is 0. The van der Waals surface area contributed by atoms with Gasteiger partial charge in [-0.05, 0) is 14.0 Å². The highest BCUT2D eigenvalue weighted by Crippen LogP contribution is 2.25. The van der Waals surface area contributed by atoms with Crippen LogP contribution in [-0.4, -0.2) is 48.3 Å². The molecule has 1 atom stereocenters. The number of morpholine rings is 1. The maximum absolute atomic E-state index is 12.3. The molecule has 1 amide bonds. The fourth-order valence-corrected chi connectivity index (χ4v) is 2.14. The van der Waals surface area contributed by atoms with Crippen molar-refractivity contribution in [2.24, 2.45) is 0 Å². The molecule has 0 radical (unpaired) electrons. The van der Waals surface area contributed by atoms with Crippen molar-refractivity contribution < 1.29 is 14.1 Å². The highest BCUT2D eigenvalue weighted by molar-refractivity contribution is 5.96. The van der Waals surface area contributed by atoms with Crippen LogP contribution in [0.1, 0.15) is 33.4 Å². The van der Waals surface area contributed by atoms with Crippen molar-refractivity contribution in [3.63, 3.8) is 0 Å². The number of anilines is 1. The summed E-state index contributed by atoms with van der Waals surface area (Å²) in [5.74, 6) is 0.152. The van der Waals surface area contributed by atoms with Gasteiger partial charge in [0.2, 0.25) is 5.88 Å². The molecule has 20 heavy (non-hydrogen) atoms. The molecule has 1 N–H and O–H groups in total. The average molecular weight is 281 g/mol. The average Bonchev–Trinajstić information content (AvgIpc) is 2.76. The Balaban J connectivity index is 2.06. The lowest BCUT2D eigenvalue weighted by Crippen LogP contribution is -2.55. The first-order valence-electron chi connectivity index (χ1n) is 6.82. The normalized spacial score (nSPS) is 24.6. The van der Waals surface area contributed by atoms with Gasteiger partial charge in [0.15, 0.2) is 5.60 Å². The van der Waals surface area contributed by atoms with E-state index in [1.807, 2.05) is 27.8 Å². The van der Waals surface area contributed by atoms with E-state index in [9.17, 15) is 4.79 Å². The van der Waals surface area contributed by atoms with Gasteiger partial charge in [0.1, 0.15) is 0 Å². The van der Waals surface area contributed by atoms with Gasteiger partial charge in [-0.3, -0.25) is 10.1 Å². The summed E-state index contributed by atoms with van der Waals surface area (Å²) in [5.41, 5.74) is -0.167. The molecule has 0 aromatic carbocycles. The molecule has 112 valence electrons.